The number of aliphatic hydroxyl groups excluding tert-OH is 1. The van der Waals surface area contributed by atoms with E-state index in [1.54, 1.807) is 18.2 Å². The van der Waals surface area contributed by atoms with Crippen molar-refractivity contribution < 1.29 is 24.5 Å². The summed E-state index contributed by atoms with van der Waals surface area (Å²) in [6.07, 6.45) is 1.58. The summed E-state index contributed by atoms with van der Waals surface area (Å²) in [7, 11) is 0. The molecule has 2 aliphatic heterocycles. The number of hydrogen-bond donors (Lipinski definition) is 2. The molecule has 2 heterocycles. The van der Waals surface area contributed by atoms with Crippen LogP contribution in [-0.4, -0.2) is 46.1 Å². The lowest BCUT2D eigenvalue weighted by molar-refractivity contribution is -0.140. The van der Waals surface area contributed by atoms with Crippen LogP contribution in [0.2, 0.25) is 0 Å². The number of phenols is 1. The molecule has 162 valence electrons. The number of hydrogen-bond acceptors (Lipinski definition) is 5. The van der Waals surface area contributed by atoms with Crippen LogP contribution in [0.15, 0.2) is 72.3 Å². The third-order valence-corrected chi connectivity index (χ3v) is 6.20. The van der Waals surface area contributed by atoms with Crippen LogP contribution in [0.5, 0.6) is 5.75 Å². The number of ether oxygens (including phenoxy) is 1. The number of rotatable bonds is 4. The number of carbonyl (C=O) groups is 2. The predicted molar refractivity (Wildman–Crippen MR) is 120 cm³/mol. The number of likely N-dealkylation sites (tertiary alicyclic amines) is 1. The largest absolute Gasteiger partial charge is 0.508 e. The van der Waals surface area contributed by atoms with E-state index in [0.717, 1.165) is 23.6 Å². The van der Waals surface area contributed by atoms with Crippen LogP contribution in [-0.2, 0) is 14.3 Å². The minimum Gasteiger partial charge on any atom is -0.508 e. The second-order valence-corrected chi connectivity index (χ2v) is 8.24. The summed E-state index contributed by atoms with van der Waals surface area (Å²) < 4.78 is 5.71. The summed E-state index contributed by atoms with van der Waals surface area (Å²) in [5.74, 6) is -1.49. The zero-order valence-corrected chi connectivity index (χ0v) is 17.4. The molecule has 0 spiro atoms. The fourth-order valence-electron chi connectivity index (χ4n) is 4.57. The molecule has 0 saturated carbocycles. The molecule has 3 aromatic carbocycles. The SMILES string of the molecule is O=C1C(=O)N(CC2CCCO2)C(c2ccc(O)cc2)/C1=C(/O)c1ccc2ccccc2c1. The van der Waals surface area contributed by atoms with E-state index in [1.807, 2.05) is 36.4 Å². The zero-order valence-electron chi connectivity index (χ0n) is 17.4. The maximum Gasteiger partial charge on any atom is 0.295 e. The number of phenolic OH excluding ortho intramolecular Hbond substituents is 1. The van der Waals surface area contributed by atoms with Crippen molar-refractivity contribution in [1.29, 1.82) is 0 Å². The first kappa shape index (κ1) is 20.3. The van der Waals surface area contributed by atoms with Gasteiger partial charge in [0.25, 0.3) is 11.7 Å². The van der Waals surface area contributed by atoms with Crippen molar-refractivity contribution in [3.63, 3.8) is 0 Å². The maximum absolute atomic E-state index is 13.1. The van der Waals surface area contributed by atoms with Crippen LogP contribution < -0.4 is 0 Å². The highest BCUT2D eigenvalue weighted by atomic mass is 16.5. The summed E-state index contributed by atoms with van der Waals surface area (Å²) in [4.78, 5) is 27.6. The van der Waals surface area contributed by atoms with Gasteiger partial charge in [-0.05, 0) is 47.4 Å². The Morgan fingerprint density at radius 3 is 2.47 bits per heavy atom. The molecule has 2 saturated heterocycles. The summed E-state index contributed by atoms with van der Waals surface area (Å²) in [6, 6.07) is 18.8. The lowest BCUT2D eigenvalue weighted by Crippen LogP contribution is -2.36. The van der Waals surface area contributed by atoms with Crippen LogP contribution in [0.25, 0.3) is 16.5 Å². The second-order valence-electron chi connectivity index (χ2n) is 8.24. The Labute approximate surface area is 185 Å². The first-order chi connectivity index (χ1) is 15.5. The molecule has 2 unspecified atom stereocenters. The molecule has 2 atom stereocenters. The Hall–Kier alpha value is -3.64. The molecule has 6 nitrogen and oxygen atoms in total. The summed E-state index contributed by atoms with van der Waals surface area (Å²) in [6.45, 7) is 0.903. The van der Waals surface area contributed by atoms with Gasteiger partial charge >= 0.3 is 0 Å². The molecule has 5 rings (SSSR count). The van der Waals surface area contributed by atoms with Crippen molar-refractivity contribution in [2.45, 2.75) is 25.0 Å². The third kappa shape index (κ3) is 3.52. The van der Waals surface area contributed by atoms with Crippen molar-refractivity contribution in [3.8, 4) is 5.75 Å². The molecule has 0 aliphatic carbocycles. The Kier molecular flexibility index (Phi) is 5.15. The van der Waals surface area contributed by atoms with Gasteiger partial charge in [0.15, 0.2) is 0 Å². The fraction of sp³-hybridized carbons (Fsp3) is 0.231. The molecule has 1 amide bonds. The first-order valence-electron chi connectivity index (χ1n) is 10.7. The first-order valence-corrected chi connectivity index (χ1v) is 10.7. The fourth-order valence-corrected chi connectivity index (χ4v) is 4.57. The predicted octanol–water partition coefficient (Wildman–Crippen LogP) is 4.15. The van der Waals surface area contributed by atoms with E-state index in [-0.39, 0.29) is 29.7 Å². The monoisotopic (exact) mass is 429 g/mol. The van der Waals surface area contributed by atoms with Crippen LogP contribution in [0, 0.1) is 0 Å². The van der Waals surface area contributed by atoms with Gasteiger partial charge in [0.05, 0.1) is 17.7 Å². The highest BCUT2D eigenvalue weighted by Crippen LogP contribution is 2.40. The second kappa shape index (κ2) is 8.13. The van der Waals surface area contributed by atoms with Gasteiger partial charge in [-0.2, -0.15) is 0 Å². The van der Waals surface area contributed by atoms with Crippen molar-refractivity contribution in [2.24, 2.45) is 0 Å². The van der Waals surface area contributed by atoms with E-state index in [2.05, 4.69) is 0 Å². The van der Waals surface area contributed by atoms with Gasteiger partial charge in [0.1, 0.15) is 11.5 Å². The molecule has 0 radical (unpaired) electrons. The average Bonchev–Trinajstić information content (AvgIpc) is 3.41. The number of ketones is 1. The van der Waals surface area contributed by atoms with Gasteiger partial charge < -0.3 is 19.8 Å². The van der Waals surface area contributed by atoms with Gasteiger partial charge in [-0.15, -0.1) is 0 Å². The summed E-state index contributed by atoms with van der Waals surface area (Å²) >= 11 is 0. The summed E-state index contributed by atoms with van der Waals surface area (Å²) in [5.41, 5.74) is 1.17. The lowest BCUT2D eigenvalue weighted by atomic mass is 9.94. The number of fused-ring (bicyclic) bond motifs is 1. The van der Waals surface area contributed by atoms with Gasteiger partial charge in [-0.3, -0.25) is 9.59 Å². The number of amides is 1. The highest BCUT2D eigenvalue weighted by Gasteiger charge is 2.47. The standard InChI is InChI=1S/C26H23NO5/c28-20-11-9-17(10-12-20)23-22(25(30)26(31)27(23)15-21-6-3-13-32-21)24(29)19-8-7-16-4-1-2-5-18(16)14-19/h1-2,4-5,7-12,14,21,23,28-29H,3,6,13,15H2/b24-22-. The van der Waals surface area contributed by atoms with E-state index < -0.39 is 17.7 Å². The number of aromatic hydroxyl groups is 1. The van der Waals surface area contributed by atoms with Gasteiger partial charge in [-0.1, -0.05) is 48.5 Å². The average molecular weight is 429 g/mol. The number of aliphatic hydroxyl groups is 1. The van der Waals surface area contributed by atoms with Gasteiger partial charge in [0, 0.05) is 18.7 Å². The molecule has 32 heavy (non-hydrogen) atoms. The molecular weight excluding hydrogens is 406 g/mol. The van der Waals surface area contributed by atoms with Crippen LogP contribution in [0.1, 0.15) is 30.0 Å². The smallest absolute Gasteiger partial charge is 0.295 e. The number of carbonyl (C=O) groups excluding carboxylic acids is 2. The molecular formula is C26H23NO5. The van der Waals surface area contributed by atoms with E-state index in [4.69, 9.17) is 4.74 Å². The van der Waals surface area contributed by atoms with Crippen molar-refractivity contribution >= 4 is 28.2 Å². The Morgan fingerprint density at radius 1 is 1.00 bits per heavy atom. The zero-order chi connectivity index (χ0) is 22.2. The lowest BCUT2D eigenvalue weighted by Gasteiger charge is -2.27. The topological polar surface area (TPSA) is 87.1 Å². The Bertz CT molecular complexity index is 1220. The Morgan fingerprint density at radius 2 is 1.75 bits per heavy atom. The Balaban J connectivity index is 1.63. The van der Waals surface area contributed by atoms with E-state index in [9.17, 15) is 19.8 Å². The molecule has 2 fully saturated rings. The maximum atomic E-state index is 13.1. The molecule has 0 bridgehead atoms. The minimum atomic E-state index is -0.758. The van der Waals surface area contributed by atoms with Crippen molar-refractivity contribution in [2.75, 3.05) is 13.2 Å². The van der Waals surface area contributed by atoms with E-state index >= 15 is 0 Å². The summed E-state index contributed by atoms with van der Waals surface area (Å²) in [5, 5.41) is 22.9. The third-order valence-electron chi connectivity index (χ3n) is 6.20. The molecule has 2 aliphatic rings. The molecule has 3 aromatic rings. The van der Waals surface area contributed by atoms with Crippen LogP contribution in [0.4, 0.5) is 0 Å². The quantitative estimate of drug-likeness (QED) is 0.370. The van der Waals surface area contributed by atoms with Gasteiger partial charge in [0.2, 0.25) is 0 Å². The molecule has 2 N–H and O–H groups in total. The molecule has 0 aromatic heterocycles. The van der Waals surface area contributed by atoms with Crippen molar-refractivity contribution in [1.82, 2.24) is 4.90 Å². The van der Waals surface area contributed by atoms with Crippen LogP contribution in [0.3, 0.4) is 0 Å². The van der Waals surface area contributed by atoms with Crippen molar-refractivity contribution in [3.05, 3.63) is 83.4 Å². The van der Waals surface area contributed by atoms with E-state index in [0.29, 0.717) is 17.7 Å². The normalized spacial score (nSPS) is 22.7. The number of Topliss-reactive ketones (excluding diaryl/α,β-unsaturated/α-hetero) is 1. The number of benzene rings is 3. The number of nitrogens with zero attached hydrogens (tertiary/aromatic N) is 1. The molecule has 6 heteroatoms. The van der Waals surface area contributed by atoms with Gasteiger partial charge in [-0.25, -0.2) is 0 Å². The minimum absolute atomic E-state index is 0.0500. The van der Waals surface area contributed by atoms with E-state index in [1.165, 1.54) is 17.0 Å². The highest BCUT2D eigenvalue weighted by molar-refractivity contribution is 6.46. The van der Waals surface area contributed by atoms with Crippen LogP contribution >= 0.6 is 0 Å².